The van der Waals surface area contributed by atoms with E-state index in [2.05, 4.69) is 14.8 Å². The van der Waals surface area contributed by atoms with Gasteiger partial charge >= 0.3 is 0 Å². The SMILES string of the molecule is CCCCCS(=O)(=O)NC(=O)C=Cc1c(C)nn(C)c1-n1cnc2ccccc21. The first-order chi connectivity index (χ1) is 13.8. The molecule has 0 atom stereocenters. The third-order valence-electron chi connectivity index (χ3n) is 4.59. The first-order valence-electron chi connectivity index (χ1n) is 9.51. The predicted molar refractivity (Wildman–Crippen MR) is 113 cm³/mol. The Morgan fingerprint density at radius 1 is 1.24 bits per heavy atom. The molecule has 0 saturated carbocycles. The molecule has 1 amide bonds. The van der Waals surface area contributed by atoms with Crippen LogP contribution in [-0.2, 0) is 21.9 Å². The van der Waals surface area contributed by atoms with Crippen LogP contribution >= 0.6 is 0 Å². The maximum absolute atomic E-state index is 12.2. The number of aryl methyl sites for hydroxylation is 2. The second kappa shape index (κ2) is 8.60. The van der Waals surface area contributed by atoms with Crippen molar-refractivity contribution < 1.29 is 13.2 Å². The van der Waals surface area contributed by atoms with E-state index < -0.39 is 15.9 Å². The van der Waals surface area contributed by atoms with E-state index in [-0.39, 0.29) is 5.75 Å². The first kappa shape index (κ1) is 20.8. The molecule has 0 bridgehead atoms. The third-order valence-corrected chi connectivity index (χ3v) is 5.93. The van der Waals surface area contributed by atoms with Crippen LogP contribution in [0.4, 0.5) is 0 Å². The summed E-state index contributed by atoms with van der Waals surface area (Å²) in [6.45, 7) is 3.83. The molecule has 0 radical (unpaired) electrons. The van der Waals surface area contributed by atoms with Crippen LogP contribution in [0.15, 0.2) is 36.7 Å². The largest absolute Gasteiger partial charge is 0.283 e. The molecular weight excluding hydrogens is 390 g/mol. The van der Waals surface area contributed by atoms with Gasteiger partial charge in [0.25, 0.3) is 5.91 Å². The maximum atomic E-state index is 12.2. The number of unbranched alkanes of at least 4 members (excludes halogenated alkanes) is 2. The number of carbonyl (C=O) groups excluding carboxylic acids is 1. The molecule has 8 nitrogen and oxygen atoms in total. The van der Waals surface area contributed by atoms with Gasteiger partial charge in [-0.15, -0.1) is 0 Å². The number of hydrogen-bond donors (Lipinski definition) is 1. The van der Waals surface area contributed by atoms with Crippen LogP contribution in [0, 0.1) is 6.92 Å². The molecule has 0 saturated heterocycles. The molecule has 1 N–H and O–H groups in total. The number of nitrogens with zero attached hydrogens (tertiary/aromatic N) is 4. The average molecular weight is 416 g/mol. The summed E-state index contributed by atoms with van der Waals surface area (Å²) in [6.07, 6.45) is 6.77. The van der Waals surface area contributed by atoms with Crippen molar-refractivity contribution in [2.75, 3.05) is 5.75 Å². The molecule has 0 fully saturated rings. The van der Waals surface area contributed by atoms with Crippen LogP contribution in [-0.4, -0.2) is 39.4 Å². The molecule has 2 heterocycles. The lowest BCUT2D eigenvalue weighted by Crippen LogP contribution is -2.31. The van der Waals surface area contributed by atoms with Gasteiger partial charge in [0, 0.05) is 18.7 Å². The van der Waals surface area contributed by atoms with Crippen molar-refractivity contribution in [3.8, 4) is 5.82 Å². The zero-order valence-corrected chi connectivity index (χ0v) is 17.6. The summed E-state index contributed by atoms with van der Waals surface area (Å²) in [4.78, 5) is 16.6. The van der Waals surface area contributed by atoms with Gasteiger partial charge in [-0.25, -0.2) is 18.1 Å². The van der Waals surface area contributed by atoms with Crippen LogP contribution in [0.1, 0.15) is 37.4 Å². The lowest BCUT2D eigenvalue weighted by molar-refractivity contribution is -0.114. The highest BCUT2D eigenvalue weighted by Gasteiger charge is 2.17. The van der Waals surface area contributed by atoms with E-state index >= 15 is 0 Å². The molecule has 3 aromatic rings. The fraction of sp³-hybridized carbons (Fsp3) is 0.350. The number of aromatic nitrogens is 4. The van der Waals surface area contributed by atoms with Crippen LogP contribution in [0.2, 0.25) is 0 Å². The van der Waals surface area contributed by atoms with Crippen molar-refractivity contribution in [2.24, 2.45) is 7.05 Å². The minimum absolute atomic E-state index is 0.0569. The van der Waals surface area contributed by atoms with Crippen molar-refractivity contribution in [1.82, 2.24) is 24.1 Å². The Morgan fingerprint density at radius 3 is 2.76 bits per heavy atom. The summed E-state index contributed by atoms with van der Waals surface area (Å²) in [7, 11) is -1.82. The predicted octanol–water partition coefficient (Wildman–Crippen LogP) is 2.72. The summed E-state index contributed by atoms with van der Waals surface area (Å²) >= 11 is 0. The van der Waals surface area contributed by atoms with Crippen LogP contribution < -0.4 is 4.72 Å². The van der Waals surface area contributed by atoms with E-state index in [1.54, 1.807) is 17.1 Å². The minimum atomic E-state index is -3.63. The third kappa shape index (κ3) is 4.73. The highest BCUT2D eigenvalue weighted by Crippen LogP contribution is 2.24. The number of carbonyl (C=O) groups is 1. The van der Waals surface area contributed by atoms with Crippen LogP contribution in [0.5, 0.6) is 0 Å². The van der Waals surface area contributed by atoms with Gasteiger partial charge in [0.2, 0.25) is 10.0 Å². The molecular formula is C20H25N5O3S. The molecule has 0 spiro atoms. The van der Waals surface area contributed by atoms with Gasteiger partial charge in [-0.05, 0) is 31.6 Å². The number of benzene rings is 1. The standard InChI is InChI=1S/C20H25N5O3S/c1-4-5-8-13-29(27,28)23-19(26)12-11-16-15(2)22-24(3)20(16)25-14-21-17-9-6-7-10-18(17)25/h6-7,9-12,14H,4-5,8,13H2,1-3H3,(H,23,26). The summed E-state index contributed by atoms with van der Waals surface area (Å²) in [5.74, 6) is 0.00996. The number of fused-ring (bicyclic) bond motifs is 1. The Balaban J connectivity index is 1.86. The number of hydrogen-bond acceptors (Lipinski definition) is 5. The summed E-state index contributed by atoms with van der Waals surface area (Å²) in [5.41, 5.74) is 3.19. The van der Waals surface area contributed by atoms with E-state index in [1.165, 1.54) is 6.08 Å². The van der Waals surface area contributed by atoms with Crippen molar-refractivity contribution in [2.45, 2.75) is 33.1 Å². The normalized spacial score (nSPS) is 12.1. The zero-order valence-electron chi connectivity index (χ0n) is 16.8. The second-order valence-corrected chi connectivity index (χ2v) is 8.72. The van der Waals surface area contributed by atoms with Crippen LogP contribution in [0.3, 0.4) is 0 Å². The van der Waals surface area contributed by atoms with Crippen molar-refractivity contribution in [1.29, 1.82) is 0 Å². The molecule has 9 heteroatoms. The zero-order chi connectivity index (χ0) is 21.0. The molecule has 0 unspecified atom stereocenters. The summed E-state index contributed by atoms with van der Waals surface area (Å²) in [6, 6.07) is 7.71. The number of rotatable bonds is 8. The Morgan fingerprint density at radius 2 is 2.00 bits per heavy atom. The van der Waals surface area contributed by atoms with Gasteiger partial charge in [-0.2, -0.15) is 5.10 Å². The Labute approximate surface area is 170 Å². The van der Waals surface area contributed by atoms with Gasteiger partial charge in [0.05, 0.1) is 22.5 Å². The molecule has 0 aliphatic rings. The van der Waals surface area contributed by atoms with E-state index in [4.69, 9.17) is 0 Å². The molecule has 3 rings (SSSR count). The number of para-hydroxylation sites is 2. The van der Waals surface area contributed by atoms with Crippen LogP contribution in [0.25, 0.3) is 22.9 Å². The minimum Gasteiger partial charge on any atom is -0.283 e. The fourth-order valence-electron chi connectivity index (χ4n) is 3.21. The number of amides is 1. The van der Waals surface area contributed by atoms with Crippen molar-refractivity contribution in [3.63, 3.8) is 0 Å². The highest BCUT2D eigenvalue weighted by molar-refractivity contribution is 7.90. The van der Waals surface area contributed by atoms with E-state index in [0.29, 0.717) is 12.0 Å². The molecule has 1 aromatic carbocycles. The Hall–Kier alpha value is -2.94. The lowest BCUT2D eigenvalue weighted by Gasteiger charge is -2.07. The summed E-state index contributed by atoms with van der Waals surface area (Å²) < 4.78 is 29.7. The van der Waals surface area contributed by atoms with Gasteiger partial charge in [0.1, 0.15) is 12.1 Å². The molecule has 154 valence electrons. The first-order valence-corrected chi connectivity index (χ1v) is 11.2. The number of sulfonamides is 1. The van der Waals surface area contributed by atoms with E-state index in [1.807, 2.05) is 49.7 Å². The van der Waals surface area contributed by atoms with E-state index in [0.717, 1.165) is 35.4 Å². The Bertz CT molecular complexity index is 1160. The molecule has 0 aliphatic heterocycles. The monoisotopic (exact) mass is 415 g/mol. The molecule has 2 aromatic heterocycles. The van der Waals surface area contributed by atoms with Gasteiger partial charge in [-0.3, -0.25) is 14.0 Å². The smallest absolute Gasteiger partial charge is 0.257 e. The molecule has 29 heavy (non-hydrogen) atoms. The lowest BCUT2D eigenvalue weighted by atomic mass is 10.2. The van der Waals surface area contributed by atoms with Crippen molar-refractivity contribution >= 4 is 33.0 Å². The maximum Gasteiger partial charge on any atom is 0.257 e. The molecule has 0 aliphatic carbocycles. The Kier molecular flexibility index (Phi) is 6.17. The van der Waals surface area contributed by atoms with Crippen molar-refractivity contribution in [3.05, 3.63) is 47.9 Å². The van der Waals surface area contributed by atoms with Gasteiger partial charge < -0.3 is 0 Å². The highest BCUT2D eigenvalue weighted by atomic mass is 32.2. The topological polar surface area (TPSA) is 98.9 Å². The summed E-state index contributed by atoms with van der Waals surface area (Å²) in [5, 5.41) is 4.44. The second-order valence-electron chi connectivity index (χ2n) is 6.88. The number of imidazole rings is 1. The van der Waals surface area contributed by atoms with Gasteiger partial charge in [-0.1, -0.05) is 31.9 Å². The fourth-order valence-corrected chi connectivity index (χ4v) is 4.27. The average Bonchev–Trinajstić information content (AvgIpc) is 3.19. The number of nitrogens with one attached hydrogen (secondary N) is 1. The van der Waals surface area contributed by atoms with E-state index in [9.17, 15) is 13.2 Å². The van der Waals surface area contributed by atoms with Gasteiger partial charge in [0.15, 0.2) is 0 Å². The quantitative estimate of drug-likeness (QED) is 0.450.